The first-order valence-electron chi connectivity index (χ1n) is 12.0. The first kappa shape index (κ1) is 24.2. The van der Waals surface area contributed by atoms with E-state index < -0.39 is 17.7 Å². The summed E-state index contributed by atoms with van der Waals surface area (Å²) in [5.74, 6) is -1.76. The van der Waals surface area contributed by atoms with Gasteiger partial charge in [-0.2, -0.15) is 0 Å². The van der Waals surface area contributed by atoms with Crippen LogP contribution in [0.15, 0.2) is 100 Å². The number of nitrogens with zero attached hydrogens (tertiary/aromatic N) is 1. The molecule has 1 aliphatic heterocycles. The minimum Gasteiger partial charge on any atom is -0.325 e. The van der Waals surface area contributed by atoms with Crippen molar-refractivity contribution in [1.29, 1.82) is 0 Å². The van der Waals surface area contributed by atoms with Crippen LogP contribution in [-0.2, 0) is 9.59 Å². The minimum atomic E-state index is -0.677. The number of halogens is 1. The third-order valence-electron chi connectivity index (χ3n) is 7.01. The highest BCUT2D eigenvalue weighted by molar-refractivity contribution is 7.98. The van der Waals surface area contributed by atoms with E-state index in [-0.39, 0.29) is 17.6 Å². The zero-order chi connectivity index (χ0) is 25.2. The summed E-state index contributed by atoms with van der Waals surface area (Å²) in [6.07, 6.45) is 3.05. The Morgan fingerprint density at radius 2 is 1.72 bits per heavy atom. The summed E-state index contributed by atoms with van der Waals surface area (Å²) >= 11 is 1.64. The second-order valence-electron chi connectivity index (χ2n) is 9.28. The number of aliphatic imine (C=N–C) groups is 1. The van der Waals surface area contributed by atoms with Crippen molar-refractivity contribution in [2.24, 2.45) is 10.9 Å². The van der Waals surface area contributed by atoms with Crippen LogP contribution >= 0.6 is 11.8 Å². The lowest BCUT2D eigenvalue weighted by Gasteiger charge is -2.37. The SMILES string of the molecule is CSc1ccc([C@H]2C3=C(C[C@@H](c4ccccc4)CC3=O)N=C(C)C2C(=O)Nc2cccc(F)c2)cc1. The summed E-state index contributed by atoms with van der Waals surface area (Å²) in [4.78, 5) is 33.2. The molecule has 0 saturated carbocycles. The summed E-state index contributed by atoms with van der Waals surface area (Å²) in [5.41, 5.74) is 4.46. The highest BCUT2D eigenvalue weighted by atomic mass is 32.2. The van der Waals surface area contributed by atoms with E-state index in [4.69, 9.17) is 4.99 Å². The molecule has 1 heterocycles. The maximum Gasteiger partial charge on any atom is 0.234 e. The number of Topliss-reactive ketones (excluding diaryl/α,β-unsaturated/α-hetero) is 1. The van der Waals surface area contributed by atoms with Crippen LogP contribution < -0.4 is 5.32 Å². The first-order valence-corrected chi connectivity index (χ1v) is 13.2. The maximum atomic E-state index is 13.8. The van der Waals surface area contributed by atoms with Gasteiger partial charge in [-0.25, -0.2) is 4.39 Å². The Balaban J connectivity index is 1.56. The molecule has 1 unspecified atom stereocenters. The number of allylic oxidation sites excluding steroid dienone is 2. The third-order valence-corrected chi connectivity index (χ3v) is 7.75. The summed E-state index contributed by atoms with van der Waals surface area (Å²) < 4.78 is 13.8. The lowest BCUT2D eigenvalue weighted by Crippen LogP contribution is -2.39. The van der Waals surface area contributed by atoms with Gasteiger partial charge in [-0.05, 0) is 67.0 Å². The molecule has 0 fully saturated rings. The van der Waals surface area contributed by atoms with Crippen molar-refractivity contribution in [3.63, 3.8) is 0 Å². The van der Waals surface area contributed by atoms with E-state index in [1.165, 1.54) is 12.1 Å². The van der Waals surface area contributed by atoms with Gasteiger partial charge in [0.05, 0.1) is 5.92 Å². The zero-order valence-electron chi connectivity index (χ0n) is 20.2. The monoisotopic (exact) mass is 498 g/mol. The molecule has 0 saturated heterocycles. The van der Waals surface area contributed by atoms with Crippen LogP contribution in [0.1, 0.15) is 42.7 Å². The highest BCUT2D eigenvalue weighted by Gasteiger charge is 2.44. The molecule has 0 spiro atoms. The molecular formula is C30H27FN2O2S. The highest BCUT2D eigenvalue weighted by Crippen LogP contribution is 2.47. The van der Waals surface area contributed by atoms with Crippen molar-refractivity contribution in [2.45, 2.75) is 36.5 Å². The van der Waals surface area contributed by atoms with E-state index in [0.29, 0.717) is 29.8 Å². The zero-order valence-corrected chi connectivity index (χ0v) is 21.0. The molecule has 1 amide bonds. The Morgan fingerprint density at radius 1 is 0.972 bits per heavy atom. The molecular weight excluding hydrogens is 471 g/mol. The lowest BCUT2D eigenvalue weighted by molar-refractivity contribution is -0.119. The molecule has 1 aliphatic carbocycles. The molecule has 5 rings (SSSR count). The van der Waals surface area contributed by atoms with Crippen molar-refractivity contribution in [3.05, 3.63) is 107 Å². The number of rotatable bonds is 5. The number of amides is 1. The molecule has 0 aromatic heterocycles. The lowest BCUT2D eigenvalue weighted by atomic mass is 9.69. The van der Waals surface area contributed by atoms with Gasteiger partial charge in [0.25, 0.3) is 0 Å². The number of thioether (sulfide) groups is 1. The van der Waals surface area contributed by atoms with Crippen LogP contribution in [0.2, 0.25) is 0 Å². The van der Waals surface area contributed by atoms with Gasteiger partial charge in [-0.3, -0.25) is 14.6 Å². The quantitative estimate of drug-likeness (QED) is 0.395. The van der Waals surface area contributed by atoms with E-state index >= 15 is 0 Å². The van der Waals surface area contributed by atoms with E-state index in [1.807, 2.05) is 55.6 Å². The van der Waals surface area contributed by atoms with Crippen LogP contribution in [0.5, 0.6) is 0 Å². The van der Waals surface area contributed by atoms with Crippen LogP contribution in [0.4, 0.5) is 10.1 Å². The van der Waals surface area contributed by atoms with E-state index in [2.05, 4.69) is 17.4 Å². The molecule has 4 nitrogen and oxygen atoms in total. The topological polar surface area (TPSA) is 58.5 Å². The summed E-state index contributed by atoms with van der Waals surface area (Å²) in [6.45, 7) is 1.85. The van der Waals surface area contributed by atoms with Gasteiger partial charge in [-0.15, -0.1) is 11.8 Å². The van der Waals surface area contributed by atoms with Crippen molar-refractivity contribution >= 4 is 34.9 Å². The molecule has 6 heteroatoms. The Bertz CT molecular complexity index is 1370. The summed E-state index contributed by atoms with van der Waals surface area (Å²) in [6, 6.07) is 23.9. The number of benzene rings is 3. The fraction of sp³-hybridized carbons (Fsp3) is 0.233. The van der Waals surface area contributed by atoms with Gasteiger partial charge in [0, 0.05) is 39.9 Å². The molecule has 0 radical (unpaired) electrons. The maximum absolute atomic E-state index is 13.8. The molecule has 3 aromatic rings. The third kappa shape index (κ3) is 4.78. The molecule has 36 heavy (non-hydrogen) atoms. The molecule has 3 atom stereocenters. The Morgan fingerprint density at radius 3 is 2.42 bits per heavy atom. The summed E-state index contributed by atoms with van der Waals surface area (Å²) in [7, 11) is 0. The van der Waals surface area contributed by atoms with Crippen molar-refractivity contribution in [1.82, 2.24) is 0 Å². The Labute approximate surface area is 214 Å². The van der Waals surface area contributed by atoms with Gasteiger partial charge in [-0.1, -0.05) is 48.5 Å². The minimum absolute atomic E-state index is 0.0313. The number of carbonyl (C=O) groups excluding carboxylic acids is 2. The number of hydrogen-bond acceptors (Lipinski definition) is 4. The number of hydrogen-bond donors (Lipinski definition) is 1. The molecule has 182 valence electrons. The predicted molar refractivity (Wildman–Crippen MR) is 143 cm³/mol. The number of carbonyl (C=O) groups is 2. The molecule has 2 aliphatic rings. The molecule has 0 bridgehead atoms. The van der Waals surface area contributed by atoms with E-state index in [9.17, 15) is 14.0 Å². The van der Waals surface area contributed by atoms with Crippen molar-refractivity contribution in [3.8, 4) is 0 Å². The van der Waals surface area contributed by atoms with Crippen molar-refractivity contribution < 1.29 is 14.0 Å². The number of ketones is 1. The average Bonchev–Trinajstić information content (AvgIpc) is 2.88. The van der Waals surface area contributed by atoms with Crippen molar-refractivity contribution in [2.75, 3.05) is 11.6 Å². The smallest absolute Gasteiger partial charge is 0.234 e. The Hall–Kier alpha value is -3.51. The normalized spacial score (nSPS) is 21.6. The second kappa shape index (κ2) is 10.2. The summed E-state index contributed by atoms with van der Waals surface area (Å²) in [5, 5.41) is 2.85. The Kier molecular flexibility index (Phi) is 6.88. The van der Waals surface area contributed by atoms with Crippen LogP contribution in [0, 0.1) is 11.7 Å². The van der Waals surface area contributed by atoms with Gasteiger partial charge in [0.1, 0.15) is 5.82 Å². The van der Waals surface area contributed by atoms with Crippen LogP contribution in [0.25, 0.3) is 0 Å². The van der Waals surface area contributed by atoms with Gasteiger partial charge >= 0.3 is 0 Å². The first-order chi connectivity index (χ1) is 17.4. The standard InChI is InChI=1S/C30H27FN2O2S/c1-18-27(30(35)33-23-10-6-9-22(31)17-23)28(20-11-13-24(36-2)14-12-20)29-25(32-18)15-21(16-26(29)34)19-7-4-3-5-8-19/h3-14,17,21,27-28H,15-16H2,1-2H3,(H,33,35)/t21-,27?,28-/m1/s1. The van der Waals surface area contributed by atoms with Gasteiger partial charge < -0.3 is 5.32 Å². The van der Waals surface area contributed by atoms with Gasteiger partial charge in [0.15, 0.2) is 5.78 Å². The fourth-order valence-electron chi connectivity index (χ4n) is 5.32. The fourth-order valence-corrected chi connectivity index (χ4v) is 5.73. The number of anilines is 1. The van der Waals surface area contributed by atoms with Gasteiger partial charge in [0.2, 0.25) is 5.91 Å². The molecule has 3 aromatic carbocycles. The van der Waals surface area contributed by atoms with E-state index in [1.54, 1.807) is 23.9 Å². The van der Waals surface area contributed by atoms with Crippen LogP contribution in [-0.4, -0.2) is 23.7 Å². The largest absolute Gasteiger partial charge is 0.325 e. The second-order valence-corrected chi connectivity index (χ2v) is 10.2. The predicted octanol–water partition coefficient (Wildman–Crippen LogP) is 6.76. The average molecular weight is 499 g/mol. The molecule has 1 N–H and O–H groups in total. The van der Waals surface area contributed by atoms with E-state index in [0.717, 1.165) is 21.7 Å². The number of nitrogens with one attached hydrogen (secondary N) is 1. The van der Waals surface area contributed by atoms with Crippen LogP contribution in [0.3, 0.4) is 0 Å².